The highest BCUT2D eigenvalue weighted by Crippen LogP contribution is 2.29. The topological polar surface area (TPSA) is 88.2 Å². The number of pyridine rings is 1. The molecule has 0 fully saturated rings. The van der Waals surface area contributed by atoms with Crippen molar-refractivity contribution in [3.05, 3.63) is 65.0 Å². The molecule has 0 radical (unpaired) electrons. The van der Waals surface area contributed by atoms with Gasteiger partial charge in [-0.3, -0.25) is 9.52 Å². The summed E-state index contributed by atoms with van der Waals surface area (Å²) in [6.45, 7) is 3.95. The van der Waals surface area contributed by atoms with Gasteiger partial charge in [0.25, 0.3) is 0 Å². The van der Waals surface area contributed by atoms with Gasteiger partial charge >= 0.3 is 6.18 Å². The van der Waals surface area contributed by atoms with Gasteiger partial charge in [0.2, 0.25) is 15.9 Å². The molecule has 1 aromatic carbocycles. The number of halogens is 3. The molecule has 1 aromatic heterocycles. The van der Waals surface area contributed by atoms with Crippen molar-refractivity contribution in [2.24, 2.45) is 5.92 Å². The van der Waals surface area contributed by atoms with E-state index in [-0.39, 0.29) is 18.2 Å². The number of hydrogen-bond donors (Lipinski definition) is 2. The van der Waals surface area contributed by atoms with Gasteiger partial charge in [-0.15, -0.1) is 0 Å². The summed E-state index contributed by atoms with van der Waals surface area (Å²) in [4.78, 5) is 15.8. The van der Waals surface area contributed by atoms with Gasteiger partial charge < -0.3 is 5.32 Å². The molecule has 1 heterocycles. The highest BCUT2D eigenvalue weighted by Gasteiger charge is 2.32. The first kappa shape index (κ1) is 24.4. The summed E-state index contributed by atoms with van der Waals surface area (Å²) in [6, 6.07) is 8.68. The number of nitrogens with one attached hydrogen (secondary N) is 2. The molecule has 31 heavy (non-hydrogen) atoms. The molecule has 0 aliphatic rings. The number of benzene rings is 1. The fourth-order valence-electron chi connectivity index (χ4n) is 2.69. The lowest BCUT2D eigenvalue weighted by Gasteiger charge is -2.12. The lowest BCUT2D eigenvalue weighted by atomic mass is 10.0. The zero-order chi connectivity index (χ0) is 23.2. The van der Waals surface area contributed by atoms with Gasteiger partial charge in [-0.2, -0.15) is 13.2 Å². The molecule has 6 nitrogen and oxygen atoms in total. The van der Waals surface area contributed by atoms with E-state index in [1.807, 2.05) is 13.8 Å². The van der Waals surface area contributed by atoms with Crippen LogP contribution in [0.4, 0.5) is 18.9 Å². The second-order valence-corrected chi connectivity index (χ2v) is 9.20. The maximum atomic E-state index is 12.9. The zero-order valence-electron chi connectivity index (χ0n) is 17.3. The number of carbonyl (C=O) groups is 1. The van der Waals surface area contributed by atoms with E-state index < -0.39 is 27.8 Å². The minimum absolute atomic E-state index is 0.0946. The van der Waals surface area contributed by atoms with Crippen molar-refractivity contribution in [3.8, 4) is 0 Å². The average Bonchev–Trinajstić information content (AvgIpc) is 2.64. The third kappa shape index (κ3) is 8.41. The number of aromatic nitrogens is 1. The standard InChI is InChI=1S/C21H24F3N3O3S/c1-14(2)12-18-16(6-10-19(26-18)21(22,23)24)7-11-20(28)25-13-15-4-8-17(9-5-15)27-31(3,29)30/h4-11,14,27H,12-13H2,1-3H3,(H,25,28)/b11-7+. The Hall–Kier alpha value is -2.88. The van der Waals surface area contributed by atoms with Crippen molar-refractivity contribution in [1.29, 1.82) is 0 Å². The van der Waals surface area contributed by atoms with Crippen LogP contribution >= 0.6 is 0 Å². The van der Waals surface area contributed by atoms with E-state index in [0.29, 0.717) is 17.7 Å². The Balaban J connectivity index is 2.04. The molecule has 2 rings (SSSR count). The predicted octanol–water partition coefficient (Wildman–Crippen LogP) is 4.00. The molecule has 0 atom stereocenters. The molecule has 0 saturated carbocycles. The highest BCUT2D eigenvalue weighted by molar-refractivity contribution is 7.92. The van der Waals surface area contributed by atoms with E-state index in [0.717, 1.165) is 17.9 Å². The number of nitrogens with zero attached hydrogens (tertiary/aromatic N) is 1. The Morgan fingerprint density at radius 3 is 2.32 bits per heavy atom. The quantitative estimate of drug-likeness (QED) is 0.589. The number of amides is 1. The van der Waals surface area contributed by atoms with Crippen LogP contribution in [0, 0.1) is 5.92 Å². The summed E-state index contributed by atoms with van der Waals surface area (Å²) in [5.41, 5.74) is 0.928. The molecule has 2 aromatic rings. The lowest BCUT2D eigenvalue weighted by Crippen LogP contribution is -2.20. The largest absolute Gasteiger partial charge is 0.433 e. The maximum absolute atomic E-state index is 12.9. The minimum Gasteiger partial charge on any atom is -0.348 e. The van der Waals surface area contributed by atoms with Crippen molar-refractivity contribution in [1.82, 2.24) is 10.3 Å². The first-order chi connectivity index (χ1) is 14.3. The summed E-state index contributed by atoms with van der Waals surface area (Å²) in [5.74, 6) is -0.328. The van der Waals surface area contributed by atoms with Crippen LogP contribution in [0.1, 0.15) is 36.4 Å². The first-order valence-corrected chi connectivity index (χ1v) is 11.3. The third-order valence-corrected chi connectivity index (χ3v) is 4.65. The molecule has 0 unspecified atom stereocenters. The number of alkyl halides is 3. The predicted molar refractivity (Wildman–Crippen MR) is 114 cm³/mol. The summed E-state index contributed by atoms with van der Waals surface area (Å²) in [5, 5.41) is 2.67. The minimum atomic E-state index is -4.53. The lowest BCUT2D eigenvalue weighted by molar-refractivity contribution is -0.141. The second-order valence-electron chi connectivity index (χ2n) is 7.45. The number of sulfonamides is 1. The van der Waals surface area contributed by atoms with E-state index in [9.17, 15) is 26.4 Å². The Bertz CT molecular complexity index is 1050. The fourth-order valence-corrected chi connectivity index (χ4v) is 3.25. The van der Waals surface area contributed by atoms with E-state index in [4.69, 9.17) is 0 Å². The molecule has 10 heteroatoms. The summed E-state index contributed by atoms with van der Waals surface area (Å²) in [7, 11) is -3.37. The van der Waals surface area contributed by atoms with Crippen LogP contribution in [0.2, 0.25) is 0 Å². The van der Waals surface area contributed by atoms with Crippen LogP contribution in [-0.4, -0.2) is 25.6 Å². The number of rotatable bonds is 8. The summed E-state index contributed by atoms with van der Waals surface area (Å²) >= 11 is 0. The van der Waals surface area contributed by atoms with Crippen molar-refractivity contribution in [2.75, 3.05) is 11.0 Å². The van der Waals surface area contributed by atoms with Gasteiger partial charge in [0.05, 0.1) is 6.26 Å². The molecule has 0 aliphatic heterocycles. The Kier molecular flexibility index (Phi) is 7.83. The normalized spacial score (nSPS) is 12.4. The zero-order valence-corrected chi connectivity index (χ0v) is 18.1. The van der Waals surface area contributed by atoms with Crippen LogP contribution in [0.3, 0.4) is 0 Å². The summed E-state index contributed by atoms with van der Waals surface area (Å²) in [6.07, 6.45) is -0.448. The first-order valence-electron chi connectivity index (χ1n) is 9.43. The molecular weight excluding hydrogens is 431 g/mol. The second kappa shape index (κ2) is 9.95. The van der Waals surface area contributed by atoms with E-state index in [2.05, 4.69) is 15.0 Å². The van der Waals surface area contributed by atoms with Gasteiger partial charge in [-0.05, 0) is 47.7 Å². The molecule has 168 valence electrons. The Morgan fingerprint density at radius 1 is 1.13 bits per heavy atom. The molecule has 0 bridgehead atoms. The van der Waals surface area contributed by atoms with Crippen LogP contribution in [-0.2, 0) is 34.0 Å². The number of anilines is 1. The van der Waals surface area contributed by atoms with Crippen molar-refractivity contribution in [3.63, 3.8) is 0 Å². The Labute approximate surface area is 179 Å². The van der Waals surface area contributed by atoms with E-state index in [1.165, 1.54) is 18.2 Å². The van der Waals surface area contributed by atoms with Gasteiger partial charge in [-0.25, -0.2) is 13.4 Å². The summed E-state index contributed by atoms with van der Waals surface area (Å²) < 4.78 is 63.6. The van der Waals surface area contributed by atoms with Crippen LogP contribution in [0.5, 0.6) is 0 Å². The SMILES string of the molecule is CC(C)Cc1nc(C(F)(F)F)ccc1/C=C/C(=O)NCc1ccc(NS(C)(=O)=O)cc1. The average molecular weight is 456 g/mol. The monoisotopic (exact) mass is 455 g/mol. The fraction of sp³-hybridized carbons (Fsp3) is 0.333. The van der Waals surface area contributed by atoms with E-state index in [1.54, 1.807) is 24.3 Å². The molecule has 2 N–H and O–H groups in total. The van der Waals surface area contributed by atoms with E-state index >= 15 is 0 Å². The van der Waals surface area contributed by atoms with Crippen LogP contribution in [0.25, 0.3) is 6.08 Å². The van der Waals surface area contributed by atoms with Gasteiger partial charge in [0.1, 0.15) is 5.69 Å². The smallest absolute Gasteiger partial charge is 0.348 e. The van der Waals surface area contributed by atoms with Crippen LogP contribution in [0.15, 0.2) is 42.5 Å². The molecule has 0 spiro atoms. The number of hydrogen-bond acceptors (Lipinski definition) is 4. The Morgan fingerprint density at radius 2 is 1.77 bits per heavy atom. The van der Waals surface area contributed by atoms with Crippen molar-refractivity contribution in [2.45, 2.75) is 33.0 Å². The van der Waals surface area contributed by atoms with Gasteiger partial charge in [-0.1, -0.05) is 32.0 Å². The maximum Gasteiger partial charge on any atom is 0.433 e. The van der Waals surface area contributed by atoms with Crippen molar-refractivity contribution < 1.29 is 26.4 Å². The molecule has 0 aliphatic carbocycles. The van der Waals surface area contributed by atoms with Crippen LogP contribution < -0.4 is 10.0 Å². The van der Waals surface area contributed by atoms with Gasteiger partial charge in [0, 0.05) is 24.0 Å². The third-order valence-electron chi connectivity index (χ3n) is 4.04. The molecular formula is C21H24F3N3O3S. The molecule has 0 saturated heterocycles. The van der Waals surface area contributed by atoms with Gasteiger partial charge in [0.15, 0.2) is 0 Å². The van der Waals surface area contributed by atoms with Crippen molar-refractivity contribution >= 4 is 27.7 Å². The molecule has 1 amide bonds. The highest BCUT2D eigenvalue weighted by atomic mass is 32.2. The number of carbonyl (C=O) groups excluding carboxylic acids is 1.